The number of esters is 2. The number of nitrogens with one attached hydrogen (secondary N) is 3. The van der Waals surface area contributed by atoms with Crippen LogP contribution in [0.25, 0.3) is 10.9 Å². The van der Waals surface area contributed by atoms with E-state index in [4.69, 9.17) is 15.9 Å². The Balaban J connectivity index is 1.47. The number of rotatable bonds is 13. The van der Waals surface area contributed by atoms with E-state index in [9.17, 15) is 24.0 Å². The fourth-order valence-electron chi connectivity index (χ4n) is 5.45. The van der Waals surface area contributed by atoms with E-state index < -0.39 is 47.0 Å². The molecule has 12 heteroatoms. The minimum absolute atomic E-state index is 0.0972. The highest BCUT2D eigenvalue weighted by Crippen LogP contribution is 2.22. The van der Waals surface area contributed by atoms with Crippen LogP contribution in [0.3, 0.4) is 0 Å². The molecule has 0 bridgehead atoms. The summed E-state index contributed by atoms with van der Waals surface area (Å²) in [5.74, 6) is 0.779. The number of carbonyl (C=O) groups excluding carboxylic acids is 4. The minimum atomic E-state index is -1.17. The van der Waals surface area contributed by atoms with Crippen molar-refractivity contribution in [3.05, 3.63) is 106 Å². The number of nitrogens with zero attached hydrogens (tertiary/aromatic N) is 2. The van der Waals surface area contributed by atoms with Crippen molar-refractivity contribution in [2.75, 3.05) is 11.4 Å². The van der Waals surface area contributed by atoms with Crippen molar-refractivity contribution in [3.8, 4) is 12.3 Å². The van der Waals surface area contributed by atoms with Crippen LogP contribution in [0.4, 0.5) is 5.69 Å². The average molecular weight is 722 g/mol. The zero-order valence-electron chi connectivity index (χ0n) is 31.2. The van der Waals surface area contributed by atoms with Crippen LogP contribution in [0.2, 0.25) is 0 Å². The van der Waals surface area contributed by atoms with Crippen LogP contribution in [-0.2, 0) is 30.4 Å². The van der Waals surface area contributed by atoms with E-state index in [1.807, 2.05) is 11.0 Å². The smallest absolute Gasteiger partial charge is 0.333 e. The van der Waals surface area contributed by atoms with Gasteiger partial charge in [-0.3, -0.25) is 14.4 Å². The third kappa shape index (κ3) is 11.8. The van der Waals surface area contributed by atoms with E-state index in [1.54, 1.807) is 115 Å². The standard InChI is InChI=1S/C41H47N5O7/c1-9-23-46(25-27-15-20-32-31(24-27)37(49)43-26(2)42-32)30-18-16-29(17-19-30)36(48)44-33(38(50)52-40(3,4)5)21-22-34(47)45-35(28-13-11-10-12-14-28)39(51)53-41(6,7)8/h1,10-20,24,33,35H,21-23,25H2,2-8H3,(H,44,48)(H,45,47)(H,42,43,49)/t33-,35-/m0/s1. The lowest BCUT2D eigenvalue weighted by molar-refractivity contribution is -0.159. The number of aromatic amines is 1. The van der Waals surface area contributed by atoms with Crippen molar-refractivity contribution >= 4 is 40.3 Å². The molecule has 0 saturated carbocycles. The van der Waals surface area contributed by atoms with Crippen molar-refractivity contribution in [2.45, 2.75) is 91.1 Å². The average Bonchev–Trinajstić information content (AvgIpc) is 3.07. The number of H-pyrrole nitrogens is 1. The highest BCUT2D eigenvalue weighted by atomic mass is 16.6. The molecule has 53 heavy (non-hydrogen) atoms. The minimum Gasteiger partial charge on any atom is -0.458 e. The number of terminal acetylenes is 1. The lowest BCUT2D eigenvalue weighted by Crippen LogP contribution is -2.45. The van der Waals surface area contributed by atoms with Gasteiger partial charge in [-0.15, -0.1) is 6.42 Å². The molecule has 0 spiro atoms. The maximum atomic E-state index is 13.5. The third-order valence-corrected chi connectivity index (χ3v) is 7.78. The summed E-state index contributed by atoms with van der Waals surface area (Å²) in [4.78, 5) is 74.6. The Morgan fingerprint density at radius 1 is 0.887 bits per heavy atom. The van der Waals surface area contributed by atoms with Crippen LogP contribution in [-0.4, -0.2) is 57.5 Å². The molecule has 0 aliphatic carbocycles. The molecule has 0 aliphatic heterocycles. The SMILES string of the molecule is C#CCN(Cc1ccc2nc(C)[nH]c(=O)c2c1)c1ccc(C(=O)N[C@@H](CCC(=O)N[C@H](C(=O)OC(C)(C)C)c2ccccc2)C(=O)OC(C)(C)C)cc1. The first-order valence-electron chi connectivity index (χ1n) is 17.3. The number of benzene rings is 3. The lowest BCUT2D eigenvalue weighted by atomic mass is 10.0. The Labute approximate surface area is 309 Å². The Hall–Kier alpha value is -5.96. The predicted molar refractivity (Wildman–Crippen MR) is 203 cm³/mol. The van der Waals surface area contributed by atoms with Gasteiger partial charge in [0.15, 0.2) is 6.04 Å². The summed E-state index contributed by atoms with van der Waals surface area (Å²) in [6.07, 6.45) is 5.39. The number of ether oxygens (including phenoxy) is 2. The first-order valence-corrected chi connectivity index (χ1v) is 17.3. The van der Waals surface area contributed by atoms with Gasteiger partial charge in [-0.2, -0.15) is 0 Å². The van der Waals surface area contributed by atoms with Crippen molar-refractivity contribution < 1.29 is 28.7 Å². The molecule has 0 aliphatic rings. The number of aryl methyl sites for hydroxylation is 1. The molecule has 12 nitrogen and oxygen atoms in total. The van der Waals surface area contributed by atoms with Crippen molar-refractivity contribution in [1.82, 2.24) is 20.6 Å². The van der Waals surface area contributed by atoms with Gasteiger partial charge in [0.25, 0.3) is 11.5 Å². The van der Waals surface area contributed by atoms with E-state index in [-0.39, 0.29) is 30.5 Å². The molecule has 4 aromatic rings. The zero-order valence-corrected chi connectivity index (χ0v) is 31.2. The van der Waals surface area contributed by atoms with Gasteiger partial charge < -0.3 is 30.0 Å². The fraction of sp³-hybridized carbons (Fsp3) is 0.366. The summed E-state index contributed by atoms with van der Waals surface area (Å²) < 4.78 is 11.1. The molecular weight excluding hydrogens is 674 g/mol. The summed E-state index contributed by atoms with van der Waals surface area (Å²) in [7, 11) is 0. The highest BCUT2D eigenvalue weighted by molar-refractivity contribution is 5.97. The third-order valence-electron chi connectivity index (χ3n) is 7.78. The molecule has 3 aromatic carbocycles. The highest BCUT2D eigenvalue weighted by Gasteiger charge is 2.31. The molecule has 3 N–H and O–H groups in total. The second kappa shape index (κ2) is 17.0. The van der Waals surface area contributed by atoms with Crippen LogP contribution in [0.5, 0.6) is 0 Å². The van der Waals surface area contributed by atoms with E-state index in [2.05, 4.69) is 26.5 Å². The Morgan fingerprint density at radius 3 is 2.15 bits per heavy atom. The second-order valence-electron chi connectivity index (χ2n) is 14.7. The number of fused-ring (bicyclic) bond motifs is 1. The molecule has 0 saturated heterocycles. The Kier molecular flexibility index (Phi) is 12.8. The summed E-state index contributed by atoms with van der Waals surface area (Å²) in [6.45, 7) is 12.7. The number of carbonyl (C=O) groups is 4. The van der Waals surface area contributed by atoms with Gasteiger partial charge in [-0.25, -0.2) is 14.6 Å². The summed E-state index contributed by atoms with van der Waals surface area (Å²) in [6, 6.07) is 18.6. The molecule has 0 unspecified atom stereocenters. The second-order valence-corrected chi connectivity index (χ2v) is 14.7. The van der Waals surface area contributed by atoms with E-state index >= 15 is 0 Å². The van der Waals surface area contributed by atoms with Crippen molar-refractivity contribution in [3.63, 3.8) is 0 Å². The van der Waals surface area contributed by atoms with Crippen molar-refractivity contribution in [2.24, 2.45) is 0 Å². The van der Waals surface area contributed by atoms with Gasteiger partial charge >= 0.3 is 11.9 Å². The number of hydrogen-bond acceptors (Lipinski definition) is 9. The first kappa shape index (κ1) is 39.8. The summed E-state index contributed by atoms with van der Waals surface area (Å²) in [5.41, 5.74) is 1.11. The number of anilines is 1. The van der Waals surface area contributed by atoms with Gasteiger partial charge in [0.1, 0.15) is 23.1 Å². The predicted octanol–water partition coefficient (Wildman–Crippen LogP) is 5.29. The van der Waals surface area contributed by atoms with Crippen LogP contribution >= 0.6 is 0 Å². The van der Waals surface area contributed by atoms with Crippen LogP contribution in [0.15, 0.2) is 77.6 Å². The maximum absolute atomic E-state index is 13.5. The van der Waals surface area contributed by atoms with Crippen LogP contribution in [0, 0.1) is 19.3 Å². The normalized spacial score (nSPS) is 12.6. The fourth-order valence-corrected chi connectivity index (χ4v) is 5.45. The molecule has 0 fully saturated rings. The van der Waals surface area contributed by atoms with Gasteiger partial charge in [-0.05, 0) is 102 Å². The topological polar surface area (TPSA) is 160 Å². The number of hydrogen-bond donors (Lipinski definition) is 3. The molecule has 1 heterocycles. The molecule has 278 valence electrons. The van der Waals surface area contributed by atoms with Gasteiger partial charge in [0, 0.05) is 24.2 Å². The van der Waals surface area contributed by atoms with Gasteiger partial charge in [-0.1, -0.05) is 42.3 Å². The summed E-state index contributed by atoms with van der Waals surface area (Å²) >= 11 is 0. The zero-order chi connectivity index (χ0) is 38.9. The van der Waals surface area contributed by atoms with Gasteiger partial charge in [0.05, 0.1) is 17.4 Å². The van der Waals surface area contributed by atoms with Crippen LogP contribution in [0.1, 0.15) is 87.7 Å². The Morgan fingerprint density at radius 2 is 1.53 bits per heavy atom. The first-order chi connectivity index (χ1) is 24.9. The maximum Gasteiger partial charge on any atom is 0.333 e. The molecule has 0 radical (unpaired) electrons. The largest absolute Gasteiger partial charge is 0.458 e. The molecule has 4 rings (SSSR count). The number of aromatic nitrogens is 2. The molecular formula is C41H47N5O7. The van der Waals surface area contributed by atoms with Gasteiger partial charge in [0.2, 0.25) is 5.91 Å². The van der Waals surface area contributed by atoms with E-state index in [0.29, 0.717) is 28.8 Å². The lowest BCUT2D eigenvalue weighted by Gasteiger charge is -2.26. The Bertz CT molecular complexity index is 2040. The quantitative estimate of drug-likeness (QED) is 0.123. The van der Waals surface area contributed by atoms with E-state index in [1.165, 1.54) is 0 Å². The van der Waals surface area contributed by atoms with Crippen molar-refractivity contribution in [1.29, 1.82) is 0 Å². The monoisotopic (exact) mass is 721 g/mol. The van der Waals surface area contributed by atoms with Crippen LogP contribution < -0.4 is 21.1 Å². The molecule has 2 atom stereocenters. The van der Waals surface area contributed by atoms with E-state index in [0.717, 1.165) is 11.3 Å². The molecule has 1 aromatic heterocycles. The molecule has 2 amide bonds. The summed E-state index contributed by atoms with van der Waals surface area (Å²) in [5, 5.41) is 5.91. The number of amides is 2.